The highest BCUT2D eigenvalue weighted by Crippen LogP contribution is 2.10. The average Bonchev–Trinajstić information content (AvgIpc) is 1.96. The van der Waals surface area contributed by atoms with E-state index in [0.29, 0.717) is 6.04 Å². The van der Waals surface area contributed by atoms with Crippen LogP contribution in [0.25, 0.3) is 0 Å². The molecule has 82 valence electrons. The van der Waals surface area contributed by atoms with Crippen LogP contribution in [0.15, 0.2) is 0 Å². The number of hydrogen-bond donors (Lipinski definition) is 2. The molecule has 0 aliphatic carbocycles. The minimum Gasteiger partial charge on any atom is -0.444 e. The van der Waals surface area contributed by atoms with Crippen LogP contribution in [0.2, 0.25) is 0 Å². The molecule has 0 saturated carbocycles. The Kier molecular flexibility index (Phi) is 3.37. The summed E-state index contributed by atoms with van der Waals surface area (Å²) in [5.74, 6) is 0. The van der Waals surface area contributed by atoms with E-state index in [9.17, 15) is 4.79 Å². The first-order chi connectivity index (χ1) is 6.42. The Balaban J connectivity index is 2.27. The van der Waals surface area contributed by atoms with Crippen molar-refractivity contribution in [2.24, 2.45) is 0 Å². The molecule has 1 heterocycles. The number of rotatable bonds is 2. The fraction of sp³-hybridized carbons (Fsp3) is 0.900. The van der Waals surface area contributed by atoms with Gasteiger partial charge in [-0.25, -0.2) is 4.79 Å². The number of nitrogens with one attached hydrogen (secondary N) is 2. The first-order valence-electron chi connectivity index (χ1n) is 5.15. The molecule has 0 aromatic rings. The lowest BCUT2D eigenvalue weighted by molar-refractivity contribution is 0.0462. The number of amides is 1. The maximum Gasteiger partial charge on any atom is 0.407 e. The summed E-state index contributed by atoms with van der Waals surface area (Å²) in [6.45, 7) is 8.53. The van der Waals surface area contributed by atoms with Crippen LogP contribution in [0.5, 0.6) is 0 Å². The summed E-state index contributed by atoms with van der Waals surface area (Å²) in [5, 5.41) is 6.09. The molecule has 0 bridgehead atoms. The molecule has 0 radical (unpaired) electrons. The molecule has 0 unspecified atom stereocenters. The second kappa shape index (κ2) is 4.17. The molecule has 4 heteroatoms. The number of carbonyl (C=O) groups is 1. The summed E-state index contributed by atoms with van der Waals surface area (Å²) in [6, 6.07) is 0.636. The molecule has 1 fully saturated rings. The second-order valence-electron chi connectivity index (χ2n) is 4.68. The summed E-state index contributed by atoms with van der Waals surface area (Å²) in [7, 11) is 0. The summed E-state index contributed by atoms with van der Waals surface area (Å²) in [5.41, 5.74) is -0.414. The van der Waals surface area contributed by atoms with Gasteiger partial charge in [-0.15, -0.1) is 0 Å². The third-order valence-corrected chi connectivity index (χ3v) is 2.23. The highest BCUT2D eigenvalue weighted by atomic mass is 16.6. The zero-order chi connectivity index (χ0) is 10.8. The van der Waals surface area contributed by atoms with Crippen molar-refractivity contribution in [3.63, 3.8) is 0 Å². The maximum atomic E-state index is 11.4. The molecular formula is C10H20N2O2. The van der Waals surface area contributed by atoms with Crippen molar-refractivity contribution in [1.82, 2.24) is 10.6 Å². The van der Waals surface area contributed by atoms with Crippen molar-refractivity contribution in [2.75, 3.05) is 6.54 Å². The van der Waals surface area contributed by atoms with Gasteiger partial charge in [0.15, 0.2) is 0 Å². The van der Waals surface area contributed by atoms with Gasteiger partial charge in [0.1, 0.15) is 5.60 Å². The van der Waals surface area contributed by atoms with E-state index in [1.807, 2.05) is 20.8 Å². The SMILES string of the molecule is CC[C@@H]1NC[C@@H]1NC(=O)OC(C)(C)C. The van der Waals surface area contributed by atoms with Crippen LogP contribution < -0.4 is 10.6 Å². The van der Waals surface area contributed by atoms with Crippen LogP contribution >= 0.6 is 0 Å². The lowest BCUT2D eigenvalue weighted by Gasteiger charge is -2.38. The van der Waals surface area contributed by atoms with E-state index in [-0.39, 0.29) is 12.1 Å². The molecule has 2 atom stereocenters. The second-order valence-corrected chi connectivity index (χ2v) is 4.68. The minimum absolute atomic E-state index is 0.231. The third-order valence-electron chi connectivity index (χ3n) is 2.23. The quantitative estimate of drug-likeness (QED) is 0.705. The van der Waals surface area contributed by atoms with Crippen LogP contribution in [0.1, 0.15) is 34.1 Å². The summed E-state index contributed by atoms with van der Waals surface area (Å²) in [4.78, 5) is 11.4. The number of hydrogen-bond acceptors (Lipinski definition) is 3. The Labute approximate surface area is 85.4 Å². The van der Waals surface area contributed by atoms with Crippen LogP contribution in [-0.2, 0) is 4.74 Å². The molecule has 0 spiro atoms. The number of ether oxygens (including phenoxy) is 1. The average molecular weight is 200 g/mol. The van der Waals surface area contributed by atoms with E-state index in [2.05, 4.69) is 17.6 Å². The Morgan fingerprint density at radius 3 is 2.57 bits per heavy atom. The van der Waals surface area contributed by atoms with Crippen molar-refractivity contribution in [3.8, 4) is 0 Å². The Morgan fingerprint density at radius 1 is 1.57 bits per heavy atom. The van der Waals surface area contributed by atoms with Crippen LogP contribution in [-0.4, -0.2) is 30.3 Å². The molecule has 0 aromatic carbocycles. The van der Waals surface area contributed by atoms with Crippen molar-refractivity contribution >= 4 is 6.09 Å². The fourth-order valence-electron chi connectivity index (χ4n) is 1.44. The van der Waals surface area contributed by atoms with Gasteiger partial charge >= 0.3 is 6.09 Å². The van der Waals surface area contributed by atoms with Crippen molar-refractivity contribution in [3.05, 3.63) is 0 Å². The Hall–Kier alpha value is -0.770. The molecule has 1 amide bonds. The van der Waals surface area contributed by atoms with E-state index in [1.165, 1.54) is 0 Å². The minimum atomic E-state index is -0.414. The first kappa shape index (κ1) is 11.3. The number of carbonyl (C=O) groups excluding carboxylic acids is 1. The summed E-state index contributed by atoms with van der Waals surface area (Å²) in [6.07, 6.45) is 0.711. The molecule has 1 saturated heterocycles. The fourth-order valence-corrected chi connectivity index (χ4v) is 1.44. The largest absolute Gasteiger partial charge is 0.444 e. The molecule has 2 N–H and O–H groups in total. The molecular weight excluding hydrogens is 180 g/mol. The summed E-state index contributed by atoms with van der Waals surface area (Å²) >= 11 is 0. The molecule has 14 heavy (non-hydrogen) atoms. The predicted molar refractivity (Wildman–Crippen MR) is 55.2 cm³/mol. The number of alkyl carbamates (subject to hydrolysis) is 1. The van der Waals surface area contributed by atoms with Gasteiger partial charge in [-0.1, -0.05) is 6.92 Å². The molecule has 4 nitrogen and oxygen atoms in total. The van der Waals surface area contributed by atoms with Gasteiger partial charge in [-0.2, -0.15) is 0 Å². The Morgan fingerprint density at radius 2 is 2.21 bits per heavy atom. The molecule has 1 rings (SSSR count). The monoisotopic (exact) mass is 200 g/mol. The lowest BCUT2D eigenvalue weighted by Crippen LogP contribution is -2.64. The Bertz CT molecular complexity index is 209. The van der Waals surface area contributed by atoms with E-state index in [4.69, 9.17) is 4.74 Å². The summed E-state index contributed by atoms with van der Waals surface area (Å²) < 4.78 is 5.16. The van der Waals surface area contributed by atoms with Crippen molar-refractivity contribution in [1.29, 1.82) is 0 Å². The van der Waals surface area contributed by atoms with E-state index >= 15 is 0 Å². The highest BCUT2D eigenvalue weighted by Gasteiger charge is 2.31. The highest BCUT2D eigenvalue weighted by molar-refractivity contribution is 5.68. The predicted octanol–water partition coefficient (Wildman–Crippen LogP) is 1.26. The normalized spacial score (nSPS) is 26.6. The van der Waals surface area contributed by atoms with Gasteiger partial charge < -0.3 is 15.4 Å². The van der Waals surface area contributed by atoms with Crippen molar-refractivity contribution in [2.45, 2.75) is 51.8 Å². The van der Waals surface area contributed by atoms with Crippen LogP contribution in [0.4, 0.5) is 4.79 Å². The third kappa shape index (κ3) is 3.18. The lowest BCUT2D eigenvalue weighted by atomic mass is 9.98. The molecule has 0 aromatic heterocycles. The first-order valence-corrected chi connectivity index (χ1v) is 5.15. The van der Waals surface area contributed by atoms with Gasteiger partial charge in [0.25, 0.3) is 0 Å². The topological polar surface area (TPSA) is 50.4 Å². The van der Waals surface area contributed by atoms with Gasteiger partial charge in [0.2, 0.25) is 0 Å². The van der Waals surface area contributed by atoms with E-state index < -0.39 is 5.60 Å². The zero-order valence-corrected chi connectivity index (χ0v) is 9.39. The van der Waals surface area contributed by atoms with Gasteiger partial charge in [-0.05, 0) is 27.2 Å². The van der Waals surface area contributed by atoms with Crippen LogP contribution in [0.3, 0.4) is 0 Å². The molecule has 1 aliphatic heterocycles. The van der Waals surface area contributed by atoms with Crippen LogP contribution in [0, 0.1) is 0 Å². The van der Waals surface area contributed by atoms with Gasteiger partial charge in [0.05, 0.1) is 6.04 Å². The van der Waals surface area contributed by atoms with E-state index in [0.717, 1.165) is 13.0 Å². The smallest absolute Gasteiger partial charge is 0.407 e. The maximum absolute atomic E-state index is 11.4. The standard InChI is InChI=1S/C10H20N2O2/c1-5-7-8(6-11-7)12-9(13)14-10(2,3)4/h7-8,11H,5-6H2,1-4H3,(H,12,13)/t7-,8-/m0/s1. The van der Waals surface area contributed by atoms with E-state index in [1.54, 1.807) is 0 Å². The van der Waals surface area contributed by atoms with Gasteiger partial charge in [-0.3, -0.25) is 0 Å². The van der Waals surface area contributed by atoms with Gasteiger partial charge in [0, 0.05) is 12.6 Å². The molecule has 1 aliphatic rings. The van der Waals surface area contributed by atoms with Crippen molar-refractivity contribution < 1.29 is 9.53 Å². The zero-order valence-electron chi connectivity index (χ0n) is 9.39.